The molecular formula is C25H16N4O. The molecule has 3 aromatic carbocycles. The van der Waals surface area contributed by atoms with Crippen LogP contribution < -0.4 is 0 Å². The molecule has 0 radical (unpaired) electrons. The molecule has 2 aliphatic carbocycles. The number of nitrogens with zero attached hydrogens (tertiary/aromatic N) is 3. The van der Waals surface area contributed by atoms with Crippen molar-refractivity contribution in [1.29, 1.82) is 0 Å². The summed E-state index contributed by atoms with van der Waals surface area (Å²) in [6, 6.07) is 20.2. The van der Waals surface area contributed by atoms with Crippen molar-refractivity contribution in [2.45, 2.75) is 12.5 Å². The van der Waals surface area contributed by atoms with Crippen LogP contribution in [0.2, 0.25) is 0 Å². The second-order valence-electron chi connectivity index (χ2n) is 7.96. The second kappa shape index (κ2) is 5.54. The third-order valence-corrected chi connectivity index (χ3v) is 6.39. The number of hydrogen-bond acceptors (Lipinski definition) is 3. The Morgan fingerprint density at radius 1 is 0.933 bits per heavy atom. The van der Waals surface area contributed by atoms with Crippen LogP contribution in [0.25, 0.3) is 39.1 Å². The van der Waals surface area contributed by atoms with E-state index in [-0.39, 0.29) is 11.8 Å². The lowest BCUT2D eigenvalue weighted by Crippen LogP contribution is -2.14. The zero-order valence-corrected chi connectivity index (χ0v) is 16.0. The monoisotopic (exact) mass is 388 g/mol. The van der Waals surface area contributed by atoms with E-state index >= 15 is 0 Å². The van der Waals surface area contributed by atoms with E-state index in [1.807, 2.05) is 47.1 Å². The third-order valence-electron chi connectivity index (χ3n) is 6.39. The average Bonchev–Trinajstić information content (AvgIpc) is 3.46. The number of H-pyrrole nitrogens is 1. The van der Waals surface area contributed by atoms with Crippen LogP contribution in [0.5, 0.6) is 0 Å². The summed E-state index contributed by atoms with van der Waals surface area (Å²) in [4.78, 5) is 16.7. The maximum atomic E-state index is 13.2. The lowest BCUT2D eigenvalue weighted by atomic mass is 9.95. The van der Waals surface area contributed by atoms with Gasteiger partial charge in [-0.1, -0.05) is 59.8 Å². The Bertz CT molecular complexity index is 1550. The Balaban J connectivity index is 1.39. The molecule has 5 heteroatoms. The summed E-state index contributed by atoms with van der Waals surface area (Å²) < 4.78 is 1.99. The molecule has 1 unspecified atom stereocenters. The number of hydrogen-bond donors (Lipinski definition) is 1. The molecule has 0 bridgehead atoms. The van der Waals surface area contributed by atoms with Crippen LogP contribution in [-0.2, 0) is 6.42 Å². The molecule has 2 aromatic heterocycles. The van der Waals surface area contributed by atoms with Crippen LogP contribution in [-0.4, -0.2) is 25.8 Å². The molecule has 5 aromatic rings. The van der Waals surface area contributed by atoms with Crippen molar-refractivity contribution in [1.82, 2.24) is 20.0 Å². The van der Waals surface area contributed by atoms with E-state index in [9.17, 15) is 4.79 Å². The highest BCUT2D eigenvalue weighted by molar-refractivity contribution is 6.27. The van der Waals surface area contributed by atoms with Crippen molar-refractivity contribution in [2.75, 3.05) is 0 Å². The zero-order chi connectivity index (χ0) is 19.8. The number of rotatable bonds is 1. The topological polar surface area (TPSA) is 63.6 Å². The molecular weight excluding hydrogens is 372 g/mol. The number of carbonyl (C=O) groups excluding carboxylic acids is 1. The summed E-state index contributed by atoms with van der Waals surface area (Å²) in [6.45, 7) is 0. The summed E-state index contributed by atoms with van der Waals surface area (Å²) in [5.41, 5.74) is 8.78. The van der Waals surface area contributed by atoms with Gasteiger partial charge in [0.1, 0.15) is 5.52 Å². The van der Waals surface area contributed by atoms with Gasteiger partial charge < -0.3 is 4.98 Å². The number of carbonyl (C=O) groups is 1. The van der Waals surface area contributed by atoms with E-state index < -0.39 is 0 Å². The molecule has 30 heavy (non-hydrogen) atoms. The minimum atomic E-state index is 0.0880. The zero-order valence-electron chi connectivity index (χ0n) is 16.0. The molecule has 0 saturated heterocycles. The van der Waals surface area contributed by atoms with Gasteiger partial charge in [0.25, 0.3) is 0 Å². The largest absolute Gasteiger partial charge is 0.354 e. The van der Waals surface area contributed by atoms with Gasteiger partial charge in [-0.2, -0.15) is 0 Å². The van der Waals surface area contributed by atoms with E-state index in [2.05, 4.69) is 45.6 Å². The Hall–Kier alpha value is -3.99. The first kappa shape index (κ1) is 15.9. The van der Waals surface area contributed by atoms with Crippen LogP contribution in [0.3, 0.4) is 0 Å². The van der Waals surface area contributed by atoms with Crippen molar-refractivity contribution in [2.24, 2.45) is 0 Å². The van der Waals surface area contributed by atoms with E-state index in [1.165, 1.54) is 5.56 Å². The number of aromatic amines is 1. The standard InChI is InChI=1S/C25H16N4O/c30-25-18-6-2-1-5-15(18)16-10-11-17-19-13-14(9-12-20(19)26-24(17)23(16)25)29-22-8-4-3-7-21(22)27-28-29/h1-12,14,26H,13H2. The van der Waals surface area contributed by atoms with Crippen molar-refractivity contribution >= 4 is 33.8 Å². The molecule has 2 aliphatic rings. The fraction of sp³-hybridized carbons (Fsp3) is 0.0800. The minimum Gasteiger partial charge on any atom is -0.354 e. The predicted octanol–water partition coefficient (Wildman–Crippen LogP) is 4.93. The van der Waals surface area contributed by atoms with Gasteiger partial charge >= 0.3 is 0 Å². The highest BCUT2D eigenvalue weighted by Crippen LogP contribution is 2.42. The Morgan fingerprint density at radius 2 is 1.77 bits per heavy atom. The van der Waals surface area contributed by atoms with Crippen molar-refractivity contribution in [3.8, 4) is 11.1 Å². The smallest absolute Gasteiger partial charge is 0.196 e. The quantitative estimate of drug-likeness (QED) is 0.434. The van der Waals surface area contributed by atoms with Gasteiger partial charge in [-0.3, -0.25) is 4.79 Å². The molecule has 1 N–H and O–H groups in total. The SMILES string of the molecule is O=C1c2ccccc2-c2ccc3c4c([nH]c3c21)C=CC(n1nnc2ccccc21)C4. The number of nitrogens with one attached hydrogen (secondary N) is 1. The number of benzene rings is 3. The van der Waals surface area contributed by atoms with Gasteiger partial charge in [0.15, 0.2) is 5.78 Å². The van der Waals surface area contributed by atoms with Crippen molar-refractivity contribution in [3.05, 3.63) is 89.1 Å². The van der Waals surface area contributed by atoms with Gasteiger partial charge in [0.05, 0.1) is 22.6 Å². The summed E-state index contributed by atoms with van der Waals surface area (Å²) in [5.74, 6) is 0.104. The number of allylic oxidation sites excluding steroid dienone is 1. The first-order valence-corrected chi connectivity index (χ1v) is 10.1. The maximum Gasteiger partial charge on any atom is 0.196 e. The molecule has 0 aliphatic heterocycles. The van der Waals surface area contributed by atoms with E-state index in [1.54, 1.807) is 0 Å². The number of ketones is 1. The van der Waals surface area contributed by atoms with Crippen LogP contribution in [0, 0.1) is 0 Å². The minimum absolute atomic E-state index is 0.0880. The molecule has 0 spiro atoms. The summed E-state index contributed by atoms with van der Waals surface area (Å²) in [7, 11) is 0. The van der Waals surface area contributed by atoms with Crippen LogP contribution >= 0.6 is 0 Å². The first-order chi connectivity index (χ1) is 14.8. The van der Waals surface area contributed by atoms with E-state index in [4.69, 9.17) is 0 Å². The molecule has 1 atom stereocenters. The normalized spacial score (nSPS) is 16.8. The molecule has 0 saturated carbocycles. The summed E-state index contributed by atoms with van der Waals surface area (Å²) in [5, 5.41) is 9.83. The van der Waals surface area contributed by atoms with Gasteiger partial charge in [-0.05, 0) is 34.9 Å². The van der Waals surface area contributed by atoms with E-state index in [0.717, 1.165) is 56.3 Å². The summed E-state index contributed by atoms with van der Waals surface area (Å²) in [6.07, 6.45) is 5.08. The Labute approximate surface area is 171 Å². The molecule has 7 rings (SSSR count). The number of fused-ring (bicyclic) bond motifs is 8. The molecule has 2 heterocycles. The molecule has 5 nitrogen and oxygen atoms in total. The summed E-state index contributed by atoms with van der Waals surface area (Å²) >= 11 is 0. The van der Waals surface area contributed by atoms with Gasteiger partial charge in [-0.15, -0.1) is 5.10 Å². The highest BCUT2D eigenvalue weighted by Gasteiger charge is 2.31. The van der Waals surface area contributed by atoms with Crippen molar-refractivity contribution in [3.63, 3.8) is 0 Å². The number of aromatic nitrogens is 4. The highest BCUT2D eigenvalue weighted by atomic mass is 16.1. The van der Waals surface area contributed by atoms with Crippen LogP contribution in [0.1, 0.15) is 33.2 Å². The third kappa shape index (κ3) is 1.94. The fourth-order valence-corrected chi connectivity index (χ4v) is 5.00. The lowest BCUT2D eigenvalue weighted by molar-refractivity contribution is 0.104. The molecule has 0 fully saturated rings. The average molecular weight is 388 g/mol. The van der Waals surface area contributed by atoms with Crippen LogP contribution in [0.4, 0.5) is 0 Å². The molecule has 0 amide bonds. The second-order valence-corrected chi connectivity index (χ2v) is 7.96. The first-order valence-electron chi connectivity index (χ1n) is 10.1. The van der Waals surface area contributed by atoms with E-state index in [0.29, 0.717) is 0 Å². The Kier molecular flexibility index (Phi) is 2.93. The van der Waals surface area contributed by atoms with Crippen molar-refractivity contribution < 1.29 is 4.79 Å². The predicted molar refractivity (Wildman–Crippen MR) is 116 cm³/mol. The van der Waals surface area contributed by atoms with Gasteiger partial charge in [0.2, 0.25) is 0 Å². The number of para-hydroxylation sites is 1. The van der Waals surface area contributed by atoms with Crippen LogP contribution in [0.15, 0.2) is 66.7 Å². The fourth-order valence-electron chi connectivity index (χ4n) is 5.00. The van der Waals surface area contributed by atoms with Gasteiger partial charge in [-0.25, -0.2) is 4.68 Å². The maximum absolute atomic E-state index is 13.2. The lowest BCUT2D eigenvalue weighted by Gasteiger charge is -2.18. The van der Waals surface area contributed by atoms with Gasteiger partial charge in [0, 0.05) is 23.1 Å². The Morgan fingerprint density at radius 3 is 2.70 bits per heavy atom. The molecule has 142 valence electrons.